The Labute approximate surface area is 211 Å². The maximum absolute atomic E-state index is 13.7. The van der Waals surface area contributed by atoms with Crippen LogP contribution in [0.15, 0.2) is 61.9 Å². The molecule has 34 heavy (non-hydrogen) atoms. The Balaban J connectivity index is 1.73. The van der Waals surface area contributed by atoms with E-state index >= 15 is 0 Å². The summed E-state index contributed by atoms with van der Waals surface area (Å²) in [6.07, 6.45) is 1.77. The zero-order valence-electron chi connectivity index (χ0n) is 18.1. The molecule has 0 bridgehead atoms. The highest BCUT2D eigenvalue weighted by Crippen LogP contribution is 2.37. The normalized spacial score (nSPS) is 16.9. The van der Waals surface area contributed by atoms with E-state index in [0.29, 0.717) is 37.1 Å². The molecule has 0 N–H and O–H groups in total. The molecule has 1 atom stereocenters. The molecule has 2 aliphatic heterocycles. The van der Waals surface area contributed by atoms with Gasteiger partial charge in [0, 0.05) is 9.50 Å². The Morgan fingerprint density at radius 2 is 2.06 bits per heavy atom. The van der Waals surface area contributed by atoms with Gasteiger partial charge in [0.1, 0.15) is 6.04 Å². The first kappa shape index (κ1) is 22.9. The average Bonchev–Trinajstić information content (AvgIpc) is 3.37. The van der Waals surface area contributed by atoms with Crippen LogP contribution in [0, 0.1) is 0 Å². The molecule has 3 heterocycles. The topological polar surface area (TPSA) is 79.1 Å². The second-order valence-electron chi connectivity index (χ2n) is 7.55. The Morgan fingerprint density at radius 1 is 1.32 bits per heavy atom. The average molecular weight is 562 g/mol. The minimum Gasteiger partial charge on any atom is -0.463 e. The third-order valence-electron chi connectivity index (χ3n) is 5.50. The van der Waals surface area contributed by atoms with E-state index in [-0.39, 0.29) is 24.5 Å². The highest BCUT2D eigenvalue weighted by Gasteiger charge is 2.34. The maximum Gasteiger partial charge on any atom is 0.338 e. The number of nitrogens with zero attached hydrogens (tertiary/aromatic N) is 2. The SMILES string of the molecule is CCOC(=O)C1=C(C)N=c2s/c(=C/c3cc4c(cc3Br)OCO4)c(=O)n2C1c1ccccc1Cl. The van der Waals surface area contributed by atoms with Crippen LogP contribution >= 0.6 is 38.9 Å². The summed E-state index contributed by atoms with van der Waals surface area (Å²) >= 11 is 11.3. The number of carbonyl (C=O) groups is 1. The second kappa shape index (κ2) is 9.05. The van der Waals surface area contributed by atoms with Gasteiger partial charge in [0.15, 0.2) is 16.3 Å². The zero-order valence-corrected chi connectivity index (χ0v) is 21.3. The number of aromatic nitrogens is 1. The molecule has 0 saturated heterocycles. The van der Waals surface area contributed by atoms with Crippen molar-refractivity contribution in [2.45, 2.75) is 19.9 Å². The van der Waals surface area contributed by atoms with E-state index in [9.17, 15) is 9.59 Å². The van der Waals surface area contributed by atoms with E-state index in [1.54, 1.807) is 44.2 Å². The van der Waals surface area contributed by atoms with E-state index in [2.05, 4.69) is 20.9 Å². The summed E-state index contributed by atoms with van der Waals surface area (Å²) in [4.78, 5) is 31.7. The van der Waals surface area contributed by atoms with E-state index in [4.69, 9.17) is 25.8 Å². The van der Waals surface area contributed by atoms with E-state index in [0.717, 1.165) is 10.0 Å². The number of rotatable bonds is 4. The Hall–Kier alpha value is -2.88. The molecule has 1 unspecified atom stereocenters. The minimum atomic E-state index is -0.758. The first-order chi connectivity index (χ1) is 16.4. The van der Waals surface area contributed by atoms with Crippen LogP contribution in [0.1, 0.15) is 31.0 Å². The van der Waals surface area contributed by atoms with Gasteiger partial charge in [-0.05, 0) is 49.2 Å². The van der Waals surface area contributed by atoms with Crippen LogP contribution in [-0.4, -0.2) is 23.9 Å². The largest absolute Gasteiger partial charge is 0.463 e. The number of ether oxygens (including phenoxy) is 3. The van der Waals surface area contributed by atoms with Crippen LogP contribution in [0.2, 0.25) is 5.02 Å². The lowest BCUT2D eigenvalue weighted by Crippen LogP contribution is -2.40. The van der Waals surface area contributed by atoms with Gasteiger partial charge < -0.3 is 14.2 Å². The fraction of sp³-hybridized carbons (Fsp3) is 0.208. The predicted octanol–water partition coefficient (Wildman–Crippen LogP) is 3.94. The van der Waals surface area contributed by atoms with Crippen molar-refractivity contribution in [3.05, 3.63) is 88.0 Å². The van der Waals surface area contributed by atoms with Crippen molar-refractivity contribution in [3.63, 3.8) is 0 Å². The summed E-state index contributed by atoms with van der Waals surface area (Å²) < 4.78 is 18.9. The van der Waals surface area contributed by atoms with Crippen molar-refractivity contribution in [2.24, 2.45) is 4.99 Å². The predicted molar refractivity (Wildman–Crippen MR) is 132 cm³/mol. The highest BCUT2D eigenvalue weighted by molar-refractivity contribution is 9.10. The summed E-state index contributed by atoms with van der Waals surface area (Å²) in [6.45, 7) is 3.83. The van der Waals surface area contributed by atoms with E-state index in [1.807, 2.05) is 12.1 Å². The standard InChI is InChI=1S/C24H18BrClN2O5S/c1-3-31-23(30)20-12(2)27-24-28(21(20)14-6-4-5-7-16(14)26)22(29)19(34-24)9-13-8-17-18(10-15(13)25)33-11-32-17/h4-10,21H,3,11H2,1-2H3/b19-9+. The second-order valence-corrected chi connectivity index (χ2v) is 9.82. The summed E-state index contributed by atoms with van der Waals surface area (Å²) in [5.74, 6) is 0.719. The summed E-state index contributed by atoms with van der Waals surface area (Å²) in [5.41, 5.74) is 1.87. The molecule has 0 aliphatic carbocycles. The molecule has 5 rings (SSSR count). The lowest BCUT2D eigenvalue weighted by atomic mass is 9.96. The number of hydrogen-bond donors (Lipinski definition) is 0. The van der Waals surface area contributed by atoms with Gasteiger partial charge in [0.25, 0.3) is 5.56 Å². The molecule has 2 aromatic carbocycles. The van der Waals surface area contributed by atoms with Crippen LogP contribution in [0.5, 0.6) is 11.5 Å². The molecule has 10 heteroatoms. The van der Waals surface area contributed by atoms with Crippen LogP contribution in [0.4, 0.5) is 0 Å². The lowest BCUT2D eigenvalue weighted by molar-refractivity contribution is -0.139. The van der Waals surface area contributed by atoms with Crippen molar-refractivity contribution in [2.75, 3.05) is 13.4 Å². The first-order valence-corrected chi connectivity index (χ1v) is 12.4. The summed E-state index contributed by atoms with van der Waals surface area (Å²) in [7, 11) is 0. The van der Waals surface area contributed by atoms with Crippen LogP contribution in [-0.2, 0) is 9.53 Å². The molecule has 1 aromatic heterocycles. The number of hydrogen-bond acceptors (Lipinski definition) is 7. The number of benzene rings is 2. The molecule has 0 amide bonds. The summed E-state index contributed by atoms with van der Waals surface area (Å²) in [5, 5.41) is 0.442. The molecule has 7 nitrogen and oxygen atoms in total. The van der Waals surface area contributed by atoms with Crippen LogP contribution in [0.25, 0.3) is 6.08 Å². The highest BCUT2D eigenvalue weighted by atomic mass is 79.9. The molecule has 174 valence electrons. The van der Waals surface area contributed by atoms with Crippen molar-refractivity contribution in [1.29, 1.82) is 0 Å². The Bertz CT molecular complexity index is 1540. The number of esters is 1. The first-order valence-electron chi connectivity index (χ1n) is 10.4. The van der Waals surface area contributed by atoms with Crippen molar-refractivity contribution >= 4 is 50.9 Å². The molecule has 0 radical (unpaired) electrons. The number of halogens is 2. The Kier molecular flexibility index (Phi) is 6.09. The van der Waals surface area contributed by atoms with Gasteiger partial charge in [-0.15, -0.1) is 0 Å². The molecule has 3 aromatic rings. The van der Waals surface area contributed by atoms with Crippen LogP contribution < -0.4 is 24.4 Å². The van der Waals surface area contributed by atoms with Gasteiger partial charge in [0.05, 0.1) is 22.4 Å². The zero-order chi connectivity index (χ0) is 24.0. The van der Waals surface area contributed by atoms with Gasteiger partial charge in [-0.3, -0.25) is 9.36 Å². The van der Waals surface area contributed by atoms with Gasteiger partial charge in [-0.25, -0.2) is 9.79 Å². The monoisotopic (exact) mass is 560 g/mol. The fourth-order valence-corrected chi connectivity index (χ4v) is 5.68. The summed E-state index contributed by atoms with van der Waals surface area (Å²) in [6, 6.07) is 10.0. The third kappa shape index (κ3) is 3.87. The molecule has 0 fully saturated rings. The van der Waals surface area contributed by atoms with Crippen molar-refractivity contribution in [1.82, 2.24) is 4.57 Å². The van der Waals surface area contributed by atoms with Crippen molar-refractivity contribution < 1.29 is 19.0 Å². The Morgan fingerprint density at radius 3 is 2.79 bits per heavy atom. The van der Waals surface area contributed by atoms with Gasteiger partial charge >= 0.3 is 5.97 Å². The van der Waals surface area contributed by atoms with E-state index in [1.165, 1.54) is 15.9 Å². The third-order valence-corrected chi connectivity index (χ3v) is 7.51. The quantitative estimate of drug-likeness (QED) is 0.451. The van der Waals surface area contributed by atoms with Crippen LogP contribution in [0.3, 0.4) is 0 Å². The number of thiazole rings is 1. The number of carbonyl (C=O) groups excluding carboxylic acids is 1. The minimum absolute atomic E-state index is 0.154. The lowest BCUT2D eigenvalue weighted by Gasteiger charge is -2.25. The number of allylic oxidation sites excluding steroid dienone is 1. The fourth-order valence-electron chi connectivity index (χ4n) is 3.97. The van der Waals surface area contributed by atoms with Crippen molar-refractivity contribution in [3.8, 4) is 11.5 Å². The molecule has 2 aliphatic rings. The van der Waals surface area contributed by atoms with E-state index < -0.39 is 12.0 Å². The molecular weight excluding hydrogens is 544 g/mol. The molecular formula is C24H18BrClN2O5S. The molecule has 0 saturated carbocycles. The molecule has 0 spiro atoms. The maximum atomic E-state index is 13.7. The van der Waals surface area contributed by atoms with Gasteiger partial charge in [0.2, 0.25) is 6.79 Å². The van der Waals surface area contributed by atoms with Gasteiger partial charge in [-0.2, -0.15) is 0 Å². The smallest absolute Gasteiger partial charge is 0.338 e. The number of fused-ring (bicyclic) bond motifs is 2. The van der Waals surface area contributed by atoms with Gasteiger partial charge in [-0.1, -0.05) is 57.1 Å².